The first-order valence-corrected chi connectivity index (χ1v) is 4.94. The van der Waals surface area contributed by atoms with E-state index in [9.17, 15) is 0 Å². The van der Waals surface area contributed by atoms with Crippen LogP contribution in [0.1, 0.15) is 13.3 Å². The Labute approximate surface area is 85.5 Å². The summed E-state index contributed by atoms with van der Waals surface area (Å²) in [5.41, 5.74) is 2.27. The Kier molecular flexibility index (Phi) is 3.96. The molecule has 1 N–H and O–H groups in total. The van der Waals surface area contributed by atoms with Crippen LogP contribution in [-0.4, -0.2) is 13.6 Å². The molecule has 0 aromatic heterocycles. The Morgan fingerprint density at radius 3 is 2.38 bits per heavy atom. The SMILES string of the molecule is CCCN(C)c1ccc(NS)cc1. The minimum atomic E-state index is 1.02. The molecule has 0 heterocycles. The summed E-state index contributed by atoms with van der Waals surface area (Å²) in [5.74, 6) is 0. The third-order valence-electron chi connectivity index (χ3n) is 2.00. The van der Waals surface area contributed by atoms with E-state index >= 15 is 0 Å². The van der Waals surface area contributed by atoms with Gasteiger partial charge < -0.3 is 9.62 Å². The van der Waals surface area contributed by atoms with Gasteiger partial charge in [-0.3, -0.25) is 0 Å². The summed E-state index contributed by atoms with van der Waals surface area (Å²) >= 11 is 3.97. The van der Waals surface area contributed by atoms with Crippen molar-refractivity contribution in [3.05, 3.63) is 24.3 Å². The quantitative estimate of drug-likeness (QED) is 0.720. The van der Waals surface area contributed by atoms with E-state index in [1.165, 1.54) is 12.1 Å². The van der Waals surface area contributed by atoms with Crippen molar-refractivity contribution in [3.8, 4) is 0 Å². The van der Waals surface area contributed by atoms with Gasteiger partial charge in [0.1, 0.15) is 0 Å². The van der Waals surface area contributed by atoms with Crippen molar-refractivity contribution >= 4 is 24.2 Å². The van der Waals surface area contributed by atoms with E-state index in [0.717, 1.165) is 12.2 Å². The van der Waals surface area contributed by atoms with Crippen molar-refractivity contribution in [2.24, 2.45) is 0 Å². The van der Waals surface area contributed by atoms with Crippen LogP contribution < -0.4 is 9.62 Å². The zero-order chi connectivity index (χ0) is 9.68. The number of nitrogens with zero attached hydrogens (tertiary/aromatic N) is 1. The third-order valence-corrected chi connectivity index (χ3v) is 2.25. The van der Waals surface area contributed by atoms with Crippen molar-refractivity contribution in [3.63, 3.8) is 0 Å². The van der Waals surface area contributed by atoms with Gasteiger partial charge in [-0.15, -0.1) is 0 Å². The van der Waals surface area contributed by atoms with E-state index in [0.29, 0.717) is 0 Å². The lowest BCUT2D eigenvalue weighted by Gasteiger charge is -2.18. The summed E-state index contributed by atoms with van der Waals surface area (Å²) in [6, 6.07) is 8.23. The second-order valence-corrected chi connectivity index (χ2v) is 3.30. The smallest absolute Gasteiger partial charge is 0.0439 e. The van der Waals surface area contributed by atoms with Crippen LogP contribution in [-0.2, 0) is 0 Å². The van der Waals surface area contributed by atoms with Crippen molar-refractivity contribution in [2.45, 2.75) is 13.3 Å². The van der Waals surface area contributed by atoms with Gasteiger partial charge in [-0.05, 0) is 30.7 Å². The predicted molar refractivity (Wildman–Crippen MR) is 62.6 cm³/mol. The van der Waals surface area contributed by atoms with Crippen LogP contribution in [0.3, 0.4) is 0 Å². The molecule has 0 fully saturated rings. The van der Waals surface area contributed by atoms with Crippen LogP contribution in [0.4, 0.5) is 11.4 Å². The Bertz CT molecular complexity index is 246. The number of rotatable bonds is 4. The first kappa shape index (κ1) is 10.3. The van der Waals surface area contributed by atoms with Crippen molar-refractivity contribution in [1.82, 2.24) is 0 Å². The number of benzene rings is 1. The summed E-state index contributed by atoms with van der Waals surface area (Å²) in [6.45, 7) is 3.27. The summed E-state index contributed by atoms with van der Waals surface area (Å²) < 4.78 is 2.80. The summed E-state index contributed by atoms with van der Waals surface area (Å²) in [6.07, 6.45) is 1.17. The molecule has 0 bridgehead atoms. The molecule has 0 unspecified atom stereocenters. The molecule has 1 aromatic carbocycles. The van der Waals surface area contributed by atoms with E-state index in [4.69, 9.17) is 0 Å². The molecule has 0 amide bonds. The van der Waals surface area contributed by atoms with Crippen LogP contribution >= 0.6 is 12.8 Å². The van der Waals surface area contributed by atoms with E-state index in [1.54, 1.807) is 0 Å². The zero-order valence-electron chi connectivity index (χ0n) is 8.12. The van der Waals surface area contributed by atoms with Crippen molar-refractivity contribution in [1.29, 1.82) is 0 Å². The molecule has 0 aliphatic heterocycles. The molecular weight excluding hydrogens is 180 g/mol. The Morgan fingerprint density at radius 2 is 1.92 bits per heavy atom. The highest BCUT2D eigenvalue weighted by Gasteiger charge is 1.97. The maximum atomic E-state index is 3.97. The molecule has 1 rings (SSSR count). The third kappa shape index (κ3) is 2.84. The standard InChI is InChI=1S/C10H16N2S/c1-3-8-12(2)10-6-4-9(11-13)5-7-10/h4-7,11,13H,3,8H2,1-2H3. The molecule has 0 aliphatic carbocycles. The van der Waals surface area contributed by atoms with Crippen LogP contribution in [0.15, 0.2) is 24.3 Å². The first-order valence-electron chi connectivity index (χ1n) is 4.49. The molecule has 0 aliphatic rings. The second kappa shape index (κ2) is 5.02. The van der Waals surface area contributed by atoms with Gasteiger partial charge in [-0.25, -0.2) is 0 Å². The van der Waals surface area contributed by atoms with Gasteiger partial charge in [-0.2, -0.15) is 0 Å². The first-order chi connectivity index (χ1) is 6.27. The summed E-state index contributed by atoms with van der Waals surface area (Å²) in [4.78, 5) is 2.24. The molecule has 3 heteroatoms. The number of thiol groups is 1. The van der Waals surface area contributed by atoms with E-state index in [1.807, 2.05) is 12.1 Å². The van der Waals surface area contributed by atoms with Gasteiger partial charge in [0.15, 0.2) is 0 Å². The average molecular weight is 196 g/mol. The van der Waals surface area contributed by atoms with Gasteiger partial charge >= 0.3 is 0 Å². The fourth-order valence-corrected chi connectivity index (χ4v) is 1.40. The highest BCUT2D eigenvalue weighted by atomic mass is 32.1. The Morgan fingerprint density at radius 1 is 1.31 bits per heavy atom. The highest BCUT2D eigenvalue weighted by molar-refractivity contribution is 7.81. The van der Waals surface area contributed by atoms with Gasteiger partial charge in [0, 0.05) is 25.0 Å². The lowest BCUT2D eigenvalue weighted by molar-refractivity contribution is 0.852. The summed E-state index contributed by atoms with van der Waals surface area (Å²) in [5, 5.41) is 0. The number of anilines is 2. The number of nitrogens with one attached hydrogen (secondary N) is 1. The Balaban J connectivity index is 2.67. The molecule has 2 nitrogen and oxygen atoms in total. The largest absolute Gasteiger partial charge is 0.375 e. The highest BCUT2D eigenvalue weighted by Crippen LogP contribution is 2.17. The van der Waals surface area contributed by atoms with E-state index < -0.39 is 0 Å². The average Bonchev–Trinajstić information content (AvgIpc) is 2.18. The van der Waals surface area contributed by atoms with Crippen LogP contribution in [0.25, 0.3) is 0 Å². The number of hydrogen-bond donors (Lipinski definition) is 2. The maximum Gasteiger partial charge on any atom is 0.0439 e. The molecule has 0 saturated heterocycles. The summed E-state index contributed by atoms with van der Waals surface area (Å²) in [7, 11) is 2.10. The molecule has 0 saturated carbocycles. The molecule has 0 radical (unpaired) electrons. The maximum absolute atomic E-state index is 3.97. The van der Waals surface area contributed by atoms with Crippen molar-refractivity contribution in [2.75, 3.05) is 23.2 Å². The fourth-order valence-electron chi connectivity index (χ4n) is 1.25. The molecule has 0 atom stereocenters. The van der Waals surface area contributed by atoms with Gasteiger partial charge in [-0.1, -0.05) is 19.7 Å². The predicted octanol–water partition coefficient (Wildman–Crippen LogP) is 2.79. The van der Waals surface area contributed by atoms with Gasteiger partial charge in [0.2, 0.25) is 0 Å². The second-order valence-electron chi connectivity index (χ2n) is 3.08. The fraction of sp³-hybridized carbons (Fsp3) is 0.400. The normalized spacial score (nSPS) is 9.77. The van der Waals surface area contributed by atoms with E-state index in [-0.39, 0.29) is 0 Å². The number of hydrogen-bond acceptors (Lipinski definition) is 3. The molecule has 72 valence electrons. The minimum Gasteiger partial charge on any atom is -0.375 e. The van der Waals surface area contributed by atoms with Crippen molar-refractivity contribution < 1.29 is 0 Å². The lowest BCUT2D eigenvalue weighted by atomic mass is 10.2. The van der Waals surface area contributed by atoms with Crippen LogP contribution in [0.2, 0.25) is 0 Å². The zero-order valence-corrected chi connectivity index (χ0v) is 9.01. The van der Waals surface area contributed by atoms with Gasteiger partial charge in [0.05, 0.1) is 0 Å². The monoisotopic (exact) mass is 196 g/mol. The van der Waals surface area contributed by atoms with Crippen LogP contribution in [0, 0.1) is 0 Å². The minimum absolute atomic E-state index is 1.02. The Hall–Kier alpha value is -0.830. The molecule has 1 aromatic rings. The van der Waals surface area contributed by atoms with Crippen LogP contribution in [0.5, 0.6) is 0 Å². The molecule has 0 spiro atoms. The van der Waals surface area contributed by atoms with E-state index in [2.05, 4.69) is 48.5 Å². The lowest BCUT2D eigenvalue weighted by Crippen LogP contribution is -2.17. The molecular formula is C10H16N2S. The topological polar surface area (TPSA) is 15.3 Å². The van der Waals surface area contributed by atoms with Gasteiger partial charge in [0.25, 0.3) is 0 Å². The molecule has 13 heavy (non-hydrogen) atoms.